The fraction of sp³-hybridized carbons (Fsp3) is 0.0833. The number of nitrogen functional groups attached to an aromatic ring is 1. The molecule has 19 heavy (non-hydrogen) atoms. The first-order valence-electron chi connectivity index (χ1n) is 5.54. The van der Waals surface area contributed by atoms with Crippen molar-refractivity contribution in [1.29, 1.82) is 0 Å². The van der Waals surface area contributed by atoms with Gasteiger partial charge in [-0.3, -0.25) is 4.40 Å². The summed E-state index contributed by atoms with van der Waals surface area (Å²) in [4.78, 5) is 4.17. The van der Waals surface area contributed by atoms with E-state index in [0.717, 1.165) is 10.3 Å². The molecule has 7 heteroatoms. The quantitative estimate of drug-likeness (QED) is 0.734. The minimum Gasteiger partial charge on any atom is -0.436 e. The van der Waals surface area contributed by atoms with E-state index in [1.807, 2.05) is 17.4 Å². The summed E-state index contributed by atoms with van der Waals surface area (Å²) in [5.41, 5.74) is 6.94. The van der Waals surface area contributed by atoms with E-state index < -0.39 is 0 Å². The summed E-state index contributed by atoms with van der Waals surface area (Å²) in [6, 6.07) is 5.33. The fourth-order valence-corrected chi connectivity index (χ4v) is 2.24. The van der Waals surface area contributed by atoms with Crippen molar-refractivity contribution in [1.82, 2.24) is 19.6 Å². The van der Waals surface area contributed by atoms with Crippen LogP contribution >= 0.6 is 15.9 Å². The average molecular weight is 320 g/mol. The number of rotatable bonds is 2. The molecule has 96 valence electrons. The Hall–Kier alpha value is -2.15. The number of aromatic nitrogens is 4. The first-order chi connectivity index (χ1) is 9.13. The van der Waals surface area contributed by atoms with E-state index in [2.05, 4.69) is 31.1 Å². The maximum Gasteiger partial charge on any atom is 0.265 e. The lowest BCUT2D eigenvalue weighted by molar-refractivity contribution is 0.464. The number of anilines is 1. The van der Waals surface area contributed by atoms with Crippen molar-refractivity contribution >= 4 is 27.3 Å². The highest BCUT2D eigenvalue weighted by atomic mass is 79.9. The normalized spacial score (nSPS) is 10.8. The summed E-state index contributed by atoms with van der Waals surface area (Å²) in [6.07, 6.45) is 3.42. The molecular formula is C12H10BrN5O. The fourth-order valence-electron chi connectivity index (χ4n) is 1.75. The van der Waals surface area contributed by atoms with Crippen LogP contribution in [-0.4, -0.2) is 19.6 Å². The average Bonchev–Trinajstić information content (AvgIpc) is 2.71. The van der Waals surface area contributed by atoms with Crippen molar-refractivity contribution in [3.63, 3.8) is 0 Å². The smallest absolute Gasteiger partial charge is 0.265 e. The van der Waals surface area contributed by atoms with E-state index in [1.54, 1.807) is 24.5 Å². The first kappa shape index (κ1) is 11.9. The third-order valence-corrected chi connectivity index (χ3v) is 3.03. The van der Waals surface area contributed by atoms with Gasteiger partial charge in [-0.25, -0.2) is 4.98 Å². The number of hydrogen-bond donors (Lipinski definition) is 1. The van der Waals surface area contributed by atoms with E-state index in [0.29, 0.717) is 23.0 Å². The molecule has 2 heterocycles. The van der Waals surface area contributed by atoms with Gasteiger partial charge in [-0.1, -0.05) is 15.9 Å². The number of ether oxygens (including phenoxy) is 1. The monoisotopic (exact) mass is 319 g/mol. The second-order valence-corrected chi connectivity index (χ2v) is 4.91. The second kappa shape index (κ2) is 4.51. The van der Waals surface area contributed by atoms with Gasteiger partial charge in [0.1, 0.15) is 11.6 Å². The van der Waals surface area contributed by atoms with E-state index in [1.165, 1.54) is 0 Å². The molecule has 0 unspecified atom stereocenters. The van der Waals surface area contributed by atoms with Crippen molar-refractivity contribution in [2.24, 2.45) is 0 Å². The molecular weight excluding hydrogens is 310 g/mol. The van der Waals surface area contributed by atoms with Gasteiger partial charge in [-0.05, 0) is 19.1 Å². The molecule has 0 saturated carbocycles. The van der Waals surface area contributed by atoms with Crippen LogP contribution in [0.2, 0.25) is 0 Å². The highest BCUT2D eigenvalue weighted by Gasteiger charge is 2.10. The van der Waals surface area contributed by atoms with Crippen molar-refractivity contribution in [3.8, 4) is 11.6 Å². The summed E-state index contributed by atoms with van der Waals surface area (Å²) < 4.78 is 8.37. The van der Waals surface area contributed by atoms with Crippen LogP contribution in [0, 0.1) is 6.92 Å². The Morgan fingerprint density at radius 3 is 2.89 bits per heavy atom. The zero-order chi connectivity index (χ0) is 13.4. The molecule has 0 fully saturated rings. The van der Waals surface area contributed by atoms with Gasteiger partial charge < -0.3 is 10.5 Å². The van der Waals surface area contributed by atoms with Gasteiger partial charge in [-0.15, -0.1) is 10.2 Å². The zero-order valence-electron chi connectivity index (χ0n) is 10.0. The van der Waals surface area contributed by atoms with Crippen LogP contribution < -0.4 is 10.5 Å². The Labute approximate surface area is 117 Å². The van der Waals surface area contributed by atoms with E-state index in [9.17, 15) is 0 Å². The standard InChI is InChI=1S/C12H10BrN5O/c1-7-16-17-11-12(15-2-3-18(7)11)19-10-5-8(13)4-9(14)6-10/h2-6H,14H2,1H3. The number of nitrogens with zero attached hydrogens (tertiary/aromatic N) is 4. The van der Waals surface area contributed by atoms with Crippen molar-refractivity contribution in [2.75, 3.05) is 5.73 Å². The van der Waals surface area contributed by atoms with Crippen LogP contribution in [0.4, 0.5) is 5.69 Å². The maximum atomic E-state index is 5.77. The predicted octanol–water partition coefficient (Wildman–Crippen LogP) is 2.57. The molecule has 0 aliphatic carbocycles. The lowest BCUT2D eigenvalue weighted by atomic mass is 10.3. The van der Waals surface area contributed by atoms with Crippen LogP contribution in [0.15, 0.2) is 35.1 Å². The highest BCUT2D eigenvalue weighted by molar-refractivity contribution is 9.10. The molecule has 2 N–H and O–H groups in total. The van der Waals surface area contributed by atoms with Gasteiger partial charge in [0, 0.05) is 28.6 Å². The Kier molecular flexibility index (Phi) is 2.83. The van der Waals surface area contributed by atoms with Crippen LogP contribution in [0.1, 0.15) is 5.82 Å². The molecule has 0 aliphatic heterocycles. The van der Waals surface area contributed by atoms with Gasteiger partial charge in [0.25, 0.3) is 5.88 Å². The van der Waals surface area contributed by atoms with Crippen molar-refractivity contribution in [2.45, 2.75) is 6.92 Å². The number of halogens is 1. The third-order valence-electron chi connectivity index (χ3n) is 2.57. The van der Waals surface area contributed by atoms with Crippen LogP contribution in [0.25, 0.3) is 5.65 Å². The first-order valence-corrected chi connectivity index (χ1v) is 6.33. The molecule has 3 aromatic rings. The number of aryl methyl sites for hydroxylation is 1. The lowest BCUT2D eigenvalue weighted by Crippen LogP contribution is -1.95. The molecule has 1 aromatic carbocycles. The predicted molar refractivity (Wildman–Crippen MR) is 74.1 cm³/mol. The minimum absolute atomic E-state index is 0.389. The van der Waals surface area contributed by atoms with Gasteiger partial charge >= 0.3 is 0 Å². The Morgan fingerprint density at radius 1 is 1.26 bits per heavy atom. The number of fused-ring (bicyclic) bond motifs is 1. The summed E-state index contributed by atoms with van der Waals surface area (Å²) in [5.74, 6) is 1.75. The van der Waals surface area contributed by atoms with Crippen LogP contribution in [0.5, 0.6) is 11.6 Å². The van der Waals surface area contributed by atoms with Crippen LogP contribution in [-0.2, 0) is 0 Å². The molecule has 0 saturated heterocycles. The molecule has 0 atom stereocenters. The lowest BCUT2D eigenvalue weighted by Gasteiger charge is -2.06. The van der Waals surface area contributed by atoms with Crippen molar-refractivity contribution in [3.05, 3.63) is 40.9 Å². The molecule has 3 rings (SSSR count). The van der Waals surface area contributed by atoms with E-state index in [4.69, 9.17) is 10.5 Å². The van der Waals surface area contributed by atoms with Gasteiger partial charge in [0.2, 0.25) is 5.65 Å². The summed E-state index contributed by atoms with van der Waals surface area (Å²) in [6.45, 7) is 1.86. The van der Waals surface area contributed by atoms with E-state index in [-0.39, 0.29) is 0 Å². The molecule has 0 aliphatic rings. The van der Waals surface area contributed by atoms with Gasteiger partial charge in [0.05, 0.1) is 0 Å². The highest BCUT2D eigenvalue weighted by Crippen LogP contribution is 2.28. The van der Waals surface area contributed by atoms with Crippen molar-refractivity contribution < 1.29 is 4.74 Å². The number of nitrogens with two attached hydrogens (primary N) is 1. The second-order valence-electron chi connectivity index (χ2n) is 4.00. The maximum absolute atomic E-state index is 5.77. The molecule has 6 nitrogen and oxygen atoms in total. The van der Waals surface area contributed by atoms with Crippen LogP contribution in [0.3, 0.4) is 0 Å². The molecule has 0 spiro atoms. The zero-order valence-corrected chi connectivity index (χ0v) is 11.6. The summed E-state index contributed by atoms with van der Waals surface area (Å²) in [5, 5.41) is 8.03. The molecule has 0 bridgehead atoms. The SMILES string of the molecule is Cc1nnc2c(Oc3cc(N)cc(Br)c3)nccn12. The number of hydrogen-bond acceptors (Lipinski definition) is 5. The van der Waals surface area contributed by atoms with E-state index >= 15 is 0 Å². The summed E-state index contributed by atoms with van der Waals surface area (Å²) >= 11 is 3.37. The minimum atomic E-state index is 0.389. The van der Waals surface area contributed by atoms with Gasteiger partial charge in [0.15, 0.2) is 0 Å². The summed E-state index contributed by atoms with van der Waals surface area (Å²) in [7, 11) is 0. The Bertz CT molecular complexity index is 735. The third kappa shape index (κ3) is 2.24. The topological polar surface area (TPSA) is 78.3 Å². The molecule has 2 aromatic heterocycles. The molecule has 0 radical (unpaired) electrons. The molecule has 0 amide bonds. The largest absolute Gasteiger partial charge is 0.436 e. The van der Waals surface area contributed by atoms with Gasteiger partial charge in [-0.2, -0.15) is 0 Å². The Morgan fingerprint density at radius 2 is 2.11 bits per heavy atom. The Balaban J connectivity index is 2.05. The number of benzene rings is 1.